The lowest BCUT2D eigenvalue weighted by molar-refractivity contribution is 0.0526. The van der Waals surface area contributed by atoms with E-state index in [1.165, 1.54) is 18.4 Å². The number of anilines is 2. The lowest BCUT2D eigenvalue weighted by Gasteiger charge is -2.13. The Labute approximate surface area is 161 Å². The van der Waals surface area contributed by atoms with E-state index in [1.807, 2.05) is 6.92 Å². The number of methoxy groups -OCH3 is 1. The molecule has 2 rings (SSSR count). The van der Waals surface area contributed by atoms with Crippen molar-refractivity contribution in [2.24, 2.45) is 0 Å². The largest absolute Gasteiger partial charge is 0.465 e. The minimum Gasteiger partial charge on any atom is -0.465 e. The van der Waals surface area contributed by atoms with Crippen LogP contribution in [0, 0.1) is 0 Å². The van der Waals surface area contributed by atoms with Crippen molar-refractivity contribution in [1.82, 2.24) is 0 Å². The van der Waals surface area contributed by atoms with Crippen molar-refractivity contribution >= 4 is 51.3 Å². The summed E-state index contributed by atoms with van der Waals surface area (Å²) in [6, 6.07) is 8.70. The number of rotatable bonds is 6. The summed E-state index contributed by atoms with van der Waals surface area (Å²) in [6.45, 7) is 4.03. The van der Waals surface area contributed by atoms with Crippen LogP contribution in [0.15, 0.2) is 30.3 Å². The molecule has 0 aliphatic carbocycles. The first-order valence-corrected chi connectivity index (χ1v) is 9.27. The molecular formula is C18H20N2O4S2. The van der Waals surface area contributed by atoms with Gasteiger partial charge in [0, 0.05) is 4.88 Å². The van der Waals surface area contributed by atoms with E-state index in [1.54, 1.807) is 37.3 Å². The number of esters is 2. The standard InChI is InChI=1S/C18H20N2O4S2/c1-4-11-10-13(16(21)23-3)15(26-11)20-18(25)19-14-9-7-6-8-12(14)17(22)24-5-2/h6-10H,4-5H2,1-3H3,(H2,19,20,25). The summed E-state index contributed by atoms with van der Waals surface area (Å²) in [5.74, 6) is -0.865. The van der Waals surface area contributed by atoms with Gasteiger partial charge in [0.25, 0.3) is 0 Å². The Kier molecular flexibility index (Phi) is 7.11. The summed E-state index contributed by atoms with van der Waals surface area (Å²) in [4.78, 5) is 25.0. The molecule has 1 aromatic carbocycles. The van der Waals surface area contributed by atoms with Gasteiger partial charge in [-0.3, -0.25) is 0 Å². The Balaban J connectivity index is 2.19. The molecule has 2 N–H and O–H groups in total. The van der Waals surface area contributed by atoms with Crippen molar-refractivity contribution in [3.8, 4) is 0 Å². The minimum absolute atomic E-state index is 0.261. The second-order valence-corrected chi connectivity index (χ2v) is 6.69. The predicted molar refractivity (Wildman–Crippen MR) is 107 cm³/mol. The average Bonchev–Trinajstić information content (AvgIpc) is 3.04. The van der Waals surface area contributed by atoms with Crippen LogP contribution in [0.4, 0.5) is 10.7 Å². The number of benzene rings is 1. The summed E-state index contributed by atoms with van der Waals surface area (Å²) >= 11 is 6.77. The fourth-order valence-corrected chi connectivity index (χ4v) is 3.47. The molecule has 0 saturated carbocycles. The van der Waals surface area contributed by atoms with Crippen molar-refractivity contribution in [3.05, 3.63) is 46.3 Å². The topological polar surface area (TPSA) is 76.7 Å². The molecule has 2 aromatic rings. The van der Waals surface area contributed by atoms with Crippen LogP contribution in [0.1, 0.15) is 39.4 Å². The predicted octanol–water partition coefficient (Wildman–Crippen LogP) is 4.08. The average molecular weight is 393 g/mol. The Morgan fingerprint density at radius 2 is 1.85 bits per heavy atom. The maximum absolute atomic E-state index is 12.0. The highest BCUT2D eigenvalue weighted by molar-refractivity contribution is 7.80. The van der Waals surface area contributed by atoms with Crippen molar-refractivity contribution in [2.45, 2.75) is 20.3 Å². The van der Waals surface area contributed by atoms with Gasteiger partial charge < -0.3 is 20.1 Å². The molecule has 0 aliphatic heterocycles. The monoisotopic (exact) mass is 392 g/mol. The first kappa shape index (κ1) is 19.9. The van der Waals surface area contributed by atoms with Gasteiger partial charge in [-0.15, -0.1) is 11.3 Å². The molecule has 26 heavy (non-hydrogen) atoms. The van der Waals surface area contributed by atoms with E-state index in [0.29, 0.717) is 21.8 Å². The van der Waals surface area contributed by atoms with Crippen LogP contribution in [0.5, 0.6) is 0 Å². The summed E-state index contributed by atoms with van der Waals surface area (Å²) in [5, 5.41) is 6.85. The number of thiophene rings is 1. The van der Waals surface area contributed by atoms with Gasteiger partial charge in [-0.25, -0.2) is 9.59 Å². The molecule has 6 nitrogen and oxygen atoms in total. The fraction of sp³-hybridized carbons (Fsp3) is 0.278. The van der Waals surface area contributed by atoms with Crippen molar-refractivity contribution in [1.29, 1.82) is 0 Å². The van der Waals surface area contributed by atoms with E-state index in [9.17, 15) is 9.59 Å². The molecule has 0 atom stereocenters. The molecule has 1 aromatic heterocycles. The normalized spacial score (nSPS) is 10.1. The Bertz CT molecular complexity index is 817. The minimum atomic E-state index is -0.432. The summed E-state index contributed by atoms with van der Waals surface area (Å²) in [5.41, 5.74) is 1.33. The molecule has 1 heterocycles. The summed E-state index contributed by atoms with van der Waals surface area (Å²) in [7, 11) is 1.33. The van der Waals surface area contributed by atoms with E-state index < -0.39 is 11.9 Å². The number of thiocarbonyl (C=S) groups is 1. The van der Waals surface area contributed by atoms with Gasteiger partial charge in [-0.05, 0) is 43.8 Å². The SMILES string of the molecule is CCOC(=O)c1ccccc1NC(=S)Nc1sc(CC)cc1C(=O)OC. The summed E-state index contributed by atoms with van der Waals surface area (Å²) < 4.78 is 9.86. The Morgan fingerprint density at radius 3 is 2.50 bits per heavy atom. The van der Waals surface area contributed by atoms with Crippen molar-refractivity contribution < 1.29 is 19.1 Å². The number of carbonyl (C=O) groups excluding carboxylic acids is 2. The molecule has 0 bridgehead atoms. The van der Waals surface area contributed by atoms with Gasteiger partial charge in [-0.2, -0.15) is 0 Å². The second-order valence-electron chi connectivity index (χ2n) is 5.15. The van der Waals surface area contributed by atoms with E-state index in [2.05, 4.69) is 10.6 Å². The fourth-order valence-electron chi connectivity index (χ4n) is 2.21. The molecule has 0 radical (unpaired) electrons. The number of carbonyl (C=O) groups is 2. The number of aryl methyl sites for hydroxylation is 1. The van der Waals surface area contributed by atoms with E-state index in [-0.39, 0.29) is 11.7 Å². The third-order valence-electron chi connectivity index (χ3n) is 3.43. The maximum atomic E-state index is 12.0. The van der Waals surface area contributed by atoms with Crippen LogP contribution in [0.2, 0.25) is 0 Å². The van der Waals surface area contributed by atoms with Crippen LogP contribution in [0.3, 0.4) is 0 Å². The first-order valence-electron chi connectivity index (χ1n) is 8.05. The second kappa shape index (κ2) is 9.30. The Morgan fingerprint density at radius 1 is 1.12 bits per heavy atom. The quantitative estimate of drug-likeness (QED) is 0.566. The zero-order valence-corrected chi connectivity index (χ0v) is 16.4. The number of ether oxygens (including phenoxy) is 2. The molecular weight excluding hydrogens is 372 g/mol. The van der Waals surface area contributed by atoms with Crippen LogP contribution in [-0.4, -0.2) is 30.8 Å². The van der Waals surface area contributed by atoms with Gasteiger partial charge in [0.1, 0.15) is 5.00 Å². The number of nitrogens with one attached hydrogen (secondary N) is 2. The van der Waals surface area contributed by atoms with E-state index in [4.69, 9.17) is 21.7 Å². The zero-order valence-electron chi connectivity index (χ0n) is 14.8. The van der Waals surface area contributed by atoms with Crippen LogP contribution in [0.25, 0.3) is 0 Å². The lowest BCUT2D eigenvalue weighted by atomic mass is 10.2. The van der Waals surface area contributed by atoms with Crippen molar-refractivity contribution in [2.75, 3.05) is 24.4 Å². The zero-order chi connectivity index (χ0) is 19.1. The number of hydrogen-bond donors (Lipinski definition) is 2. The van der Waals surface area contributed by atoms with Gasteiger partial charge in [-0.1, -0.05) is 19.1 Å². The molecule has 0 amide bonds. The van der Waals surface area contributed by atoms with Gasteiger partial charge in [0.2, 0.25) is 0 Å². The molecule has 8 heteroatoms. The highest BCUT2D eigenvalue weighted by atomic mass is 32.1. The molecule has 0 aliphatic rings. The first-order chi connectivity index (χ1) is 12.5. The van der Waals surface area contributed by atoms with Gasteiger partial charge >= 0.3 is 11.9 Å². The Hall–Kier alpha value is -2.45. The van der Waals surface area contributed by atoms with Gasteiger partial charge in [0.15, 0.2) is 5.11 Å². The molecule has 0 unspecified atom stereocenters. The lowest BCUT2D eigenvalue weighted by Crippen LogP contribution is -2.21. The van der Waals surface area contributed by atoms with Gasteiger partial charge in [0.05, 0.1) is 30.5 Å². The molecule has 0 fully saturated rings. The molecule has 0 spiro atoms. The smallest absolute Gasteiger partial charge is 0.340 e. The highest BCUT2D eigenvalue weighted by Gasteiger charge is 2.18. The summed E-state index contributed by atoms with van der Waals surface area (Å²) in [6.07, 6.45) is 0.794. The maximum Gasteiger partial charge on any atom is 0.340 e. The third kappa shape index (κ3) is 4.80. The van der Waals surface area contributed by atoms with Crippen LogP contribution >= 0.6 is 23.6 Å². The van der Waals surface area contributed by atoms with Crippen LogP contribution < -0.4 is 10.6 Å². The van der Waals surface area contributed by atoms with E-state index >= 15 is 0 Å². The highest BCUT2D eigenvalue weighted by Crippen LogP contribution is 2.29. The van der Waals surface area contributed by atoms with Crippen LogP contribution in [-0.2, 0) is 15.9 Å². The molecule has 0 saturated heterocycles. The van der Waals surface area contributed by atoms with E-state index in [0.717, 1.165) is 11.3 Å². The number of hydrogen-bond acceptors (Lipinski definition) is 6. The van der Waals surface area contributed by atoms with Crippen molar-refractivity contribution in [3.63, 3.8) is 0 Å². The molecule has 138 valence electrons. The third-order valence-corrected chi connectivity index (χ3v) is 4.83. The number of para-hydroxylation sites is 1.